The van der Waals surface area contributed by atoms with Crippen molar-refractivity contribution in [3.8, 4) is 0 Å². The van der Waals surface area contributed by atoms with Crippen molar-refractivity contribution in [2.75, 3.05) is 18.0 Å². The zero-order valence-corrected chi connectivity index (χ0v) is 9.37. The molecule has 1 aliphatic rings. The third-order valence-electron chi connectivity index (χ3n) is 2.46. The van der Waals surface area contributed by atoms with Crippen LogP contribution >= 0.6 is 23.2 Å². The zero-order chi connectivity index (χ0) is 10.8. The van der Waals surface area contributed by atoms with Gasteiger partial charge >= 0.3 is 0 Å². The molecular weight excluding hydrogens is 237 g/mol. The van der Waals surface area contributed by atoms with E-state index >= 15 is 0 Å². The summed E-state index contributed by atoms with van der Waals surface area (Å²) in [7, 11) is 0. The summed E-state index contributed by atoms with van der Waals surface area (Å²) in [5, 5.41) is 8.00. The molecule has 1 aromatic rings. The first-order valence-corrected chi connectivity index (χ1v) is 5.35. The molecule has 2 rings (SSSR count). The highest BCUT2D eigenvalue weighted by Crippen LogP contribution is 2.29. The molecule has 1 saturated heterocycles. The largest absolute Gasteiger partial charge is 0.368 e. The molecule has 0 radical (unpaired) electrons. The fourth-order valence-corrected chi connectivity index (χ4v) is 2.04. The summed E-state index contributed by atoms with van der Waals surface area (Å²) in [6, 6.07) is 1.67. The molecule has 2 heterocycles. The molecule has 0 aromatic carbocycles. The maximum Gasteiger partial charge on any atom is 0.175 e. The van der Waals surface area contributed by atoms with E-state index in [9.17, 15) is 4.79 Å². The quantitative estimate of drug-likeness (QED) is 0.746. The molecule has 1 unspecified atom stereocenters. The van der Waals surface area contributed by atoms with Crippen molar-refractivity contribution in [2.45, 2.75) is 6.42 Å². The number of halogens is 2. The van der Waals surface area contributed by atoms with Crippen molar-refractivity contribution in [3.63, 3.8) is 0 Å². The first-order chi connectivity index (χ1) is 7.20. The van der Waals surface area contributed by atoms with Crippen molar-refractivity contribution in [3.05, 3.63) is 16.4 Å². The SMILES string of the molecule is O=CC1CCN(c2cc(Cl)nnc2Cl)C1. The molecule has 4 nitrogen and oxygen atoms in total. The van der Waals surface area contributed by atoms with Crippen LogP contribution in [-0.2, 0) is 4.79 Å². The number of hydrogen-bond donors (Lipinski definition) is 0. The maximum atomic E-state index is 10.6. The third kappa shape index (κ3) is 2.21. The normalized spacial score (nSPS) is 20.7. The average Bonchev–Trinajstić information content (AvgIpc) is 2.70. The first-order valence-electron chi connectivity index (χ1n) is 4.59. The van der Waals surface area contributed by atoms with Gasteiger partial charge in [0.2, 0.25) is 0 Å². The third-order valence-corrected chi connectivity index (χ3v) is 2.91. The number of nitrogens with zero attached hydrogens (tertiary/aromatic N) is 3. The summed E-state index contributed by atoms with van der Waals surface area (Å²) < 4.78 is 0. The molecule has 1 aliphatic heterocycles. The number of anilines is 1. The summed E-state index contributed by atoms with van der Waals surface area (Å²) in [5.41, 5.74) is 0.751. The first kappa shape index (κ1) is 10.6. The van der Waals surface area contributed by atoms with Gasteiger partial charge in [0.25, 0.3) is 0 Å². The molecular formula is C9H9Cl2N3O. The number of carbonyl (C=O) groups excluding carboxylic acids is 1. The van der Waals surface area contributed by atoms with E-state index in [1.54, 1.807) is 6.07 Å². The minimum Gasteiger partial charge on any atom is -0.368 e. The van der Waals surface area contributed by atoms with Crippen molar-refractivity contribution >= 4 is 35.2 Å². The van der Waals surface area contributed by atoms with Crippen molar-refractivity contribution in [1.29, 1.82) is 0 Å². The van der Waals surface area contributed by atoms with Gasteiger partial charge in [0, 0.05) is 25.1 Å². The van der Waals surface area contributed by atoms with Gasteiger partial charge in [0.15, 0.2) is 10.3 Å². The van der Waals surface area contributed by atoms with Gasteiger partial charge in [-0.2, -0.15) is 0 Å². The molecule has 1 fully saturated rings. The molecule has 0 amide bonds. The summed E-state index contributed by atoms with van der Waals surface area (Å²) >= 11 is 11.6. The van der Waals surface area contributed by atoms with E-state index in [1.807, 2.05) is 4.90 Å². The van der Waals surface area contributed by atoms with Crippen molar-refractivity contribution in [2.24, 2.45) is 5.92 Å². The minimum absolute atomic E-state index is 0.0769. The molecule has 6 heteroatoms. The number of rotatable bonds is 2. The average molecular weight is 246 g/mol. The Labute approximate surface area is 97.2 Å². The maximum absolute atomic E-state index is 10.6. The zero-order valence-electron chi connectivity index (χ0n) is 7.86. The van der Waals surface area contributed by atoms with Gasteiger partial charge in [0.05, 0.1) is 5.69 Å². The summed E-state index contributed by atoms with van der Waals surface area (Å²) in [4.78, 5) is 12.6. The van der Waals surface area contributed by atoms with Crippen LogP contribution in [0.1, 0.15) is 6.42 Å². The van der Waals surface area contributed by atoms with Crippen LogP contribution < -0.4 is 4.90 Å². The van der Waals surface area contributed by atoms with E-state index in [-0.39, 0.29) is 5.92 Å². The Morgan fingerprint density at radius 2 is 2.27 bits per heavy atom. The molecule has 80 valence electrons. The predicted molar refractivity (Wildman–Crippen MR) is 58.4 cm³/mol. The van der Waals surface area contributed by atoms with Crippen LogP contribution in [0.15, 0.2) is 6.07 Å². The molecule has 0 bridgehead atoms. The monoisotopic (exact) mass is 245 g/mol. The van der Waals surface area contributed by atoms with Crippen LogP contribution in [0.5, 0.6) is 0 Å². The topological polar surface area (TPSA) is 46.1 Å². The van der Waals surface area contributed by atoms with E-state index in [4.69, 9.17) is 23.2 Å². The van der Waals surface area contributed by atoms with Crippen LogP contribution in [0.2, 0.25) is 10.3 Å². The minimum atomic E-state index is 0.0769. The highest BCUT2D eigenvalue weighted by Gasteiger charge is 2.24. The second-order valence-electron chi connectivity index (χ2n) is 3.47. The van der Waals surface area contributed by atoms with Crippen molar-refractivity contribution < 1.29 is 4.79 Å². The Hall–Kier alpha value is -0.870. The van der Waals surface area contributed by atoms with Gasteiger partial charge in [-0.1, -0.05) is 23.2 Å². The van der Waals surface area contributed by atoms with E-state index in [1.165, 1.54) is 0 Å². The van der Waals surface area contributed by atoms with E-state index in [2.05, 4.69) is 10.2 Å². The highest BCUT2D eigenvalue weighted by atomic mass is 35.5. The van der Waals surface area contributed by atoms with Gasteiger partial charge < -0.3 is 9.69 Å². The molecule has 15 heavy (non-hydrogen) atoms. The number of hydrogen-bond acceptors (Lipinski definition) is 4. The van der Waals surface area contributed by atoms with Crippen LogP contribution in [0.4, 0.5) is 5.69 Å². The van der Waals surface area contributed by atoms with E-state index < -0.39 is 0 Å². The molecule has 0 spiro atoms. The number of aldehydes is 1. The molecule has 0 aliphatic carbocycles. The Bertz CT molecular complexity index is 386. The fraction of sp³-hybridized carbons (Fsp3) is 0.444. The lowest BCUT2D eigenvalue weighted by Gasteiger charge is -2.18. The van der Waals surface area contributed by atoms with Crippen LogP contribution in [0.25, 0.3) is 0 Å². The lowest BCUT2D eigenvalue weighted by Crippen LogP contribution is -2.20. The lowest BCUT2D eigenvalue weighted by molar-refractivity contribution is -0.110. The van der Waals surface area contributed by atoms with Gasteiger partial charge in [-0.05, 0) is 6.42 Å². The second-order valence-corrected chi connectivity index (χ2v) is 4.22. The fourth-order valence-electron chi connectivity index (χ4n) is 1.68. The standard InChI is InChI=1S/C9H9Cl2N3O/c10-8-3-7(9(11)13-12-8)14-2-1-6(4-14)5-15/h3,5-6H,1-2,4H2. The molecule has 0 saturated carbocycles. The summed E-state index contributed by atoms with van der Waals surface area (Å²) in [6.45, 7) is 1.47. The van der Waals surface area contributed by atoms with Gasteiger partial charge in [0.1, 0.15) is 6.29 Å². The van der Waals surface area contributed by atoms with Gasteiger partial charge in [-0.15, -0.1) is 10.2 Å². The van der Waals surface area contributed by atoms with Crippen LogP contribution in [0.3, 0.4) is 0 Å². The number of carbonyl (C=O) groups is 1. The molecule has 1 aromatic heterocycles. The van der Waals surface area contributed by atoms with Gasteiger partial charge in [-0.25, -0.2) is 0 Å². The van der Waals surface area contributed by atoms with Gasteiger partial charge in [-0.3, -0.25) is 0 Å². The second kappa shape index (κ2) is 4.33. The van der Waals surface area contributed by atoms with Crippen LogP contribution in [-0.4, -0.2) is 29.6 Å². The summed E-state index contributed by atoms with van der Waals surface area (Å²) in [6.07, 6.45) is 1.82. The highest BCUT2D eigenvalue weighted by molar-refractivity contribution is 6.33. The lowest BCUT2D eigenvalue weighted by atomic mass is 10.1. The molecule has 0 N–H and O–H groups in total. The Morgan fingerprint density at radius 1 is 1.47 bits per heavy atom. The summed E-state index contributed by atoms with van der Waals surface area (Å²) in [5.74, 6) is 0.0769. The Morgan fingerprint density at radius 3 is 2.93 bits per heavy atom. The number of aromatic nitrogens is 2. The molecule has 1 atom stereocenters. The Balaban J connectivity index is 2.23. The predicted octanol–water partition coefficient (Wildman–Crippen LogP) is 1.81. The van der Waals surface area contributed by atoms with E-state index in [0.29, 0.717) is 16.9 Å². The van der Waals surface area contributed by atoms with E-state index in [0.717, 1.165) is 24.9 Å². The van der Waals surface area contributed by atoms with Crippen molar-refractivity contribution in [1.82, 2.24) is 10.2 Å². The van der Waals surface area contributed by atoms with Crippen LogP contribution in [0, 0.1) is 5.92 Å². The Kier molecular flexibility index (Phi) is 3.07. The smallest absolute Gasteiger partial charge is 0.175 e.